The summed E-state index contributed by atoms with van der Waals surface area (Å²) in [5.74, 6) is 0.588. The van der Waals surface area contributed by atoms with Gasteiger partial charge < -0.3 is 4.74 Å². The minimum absolute atomic E-state index is 0.0153. The summed E-state index contributed by atoms with van der Waals surface area (Å²) in [6, 6.07) is 25.7. The molecule has 0 saturated heterocycles. The fraction of sp³-hybridized carbons (Fsp3) is 0.0370. The van der Waals surface area contributed by atoms with Gasteiger partial charge in [-0.05, 0) is 40.6 Å². The van der Waals surface area contributed by atoms with Gasteiger partial charge in [-0.2, -0.15) is 0 Å². The van der Waals surface area contributed by atoms with Crippen LogP contribution in [-0.4, -0.2) is 14.3 Å². The van der Waals surface area contributed by atoms with Gasteiger partial charge in [0.15, 0.2) is 4.96 Å². The van der Waals surface area contributed by atoms with Gasteiger partial charge in [0.1, 0.15) is 12.4 Å². The quantitative estimate of drug-likeness (QED) is 0.254. The van der Waals surface area contributed by atoms with Crippen molar-refractivity contribution in [1.29, 1.82) is 0 Å². The van der Waals surface area contributed by atoms with Crippen LogP contribution in [-0.2, 0) is 6.61 Å². The number of nitrogens with zero attached hydrogens (tertiary/aromatic N) is 3. The highest BCUT2D eigenvalue weighted by Crippen LogP contribution is 2.30. The normalized spacial score (nSPS) is 12.1. The number of thiazole rings is 1. The molecule has 2 heterocycles. The van der Waals surface area contributed by atoms with Crippen LogP contribution in [0.3, 0.4) is 0 Å². The summed E-state index contributed by atoms with van der Waals surface area (Å²) < 4.78 is 8.32. The highest BCUT2D eigenvalue weighted by atomic mass is 32.1. The van der Waals surface area contributed by atoms with Crippen LogP contribution in [0.5, 0.6) is 5.75 Å². The van der Waals surface area contributed by atoms with Crippen molar-refractivity contribution in [3.8, 4) is 5.75 Å². The van der Waals surface area contributed by atoms with Crippen LogP contribution in [0.15, 0.2) is 89.7 Å². The Bertz CT molecular complexity index is 1870. The summed E-state index contributed by atoms with van der Waals surface area (Å²) in [6.07, 6.45) is 1.85. The van der Waals surface area contributed by atoms with Crippen LogP contribution in [0.4, 0.5) is 5.69 Å². The van der Waals surface area contributed by atoms with Crippen LogP contribution < -0.4 is 14.8 Å². The summed E-state index contributed by atoms with van der Waals surface area (Å²) in [7, 11) is 0. The Morgan fingerprint density at radius 3 is 2.71 bits per heavy atom. The number of benzene rings is 4. The Morgan fingerprint density at radius 2 is 1.83 bits per heavy atom. The van der Waals surface area contributed by atoms with Crippen molar-refractivity contribution in [2.24, 2.45) is 0 Å². The van der Waals surface area contributed by atoms with Crippen molar-refractivity contribution in [1.82, 2.24) is 9.38 Å². The van der Waals surface area contributed by atoms with E-state index in [-0.39, 0.29) is 17.9 Å². The molecule has 0 saturated carbocycles. The molecule has 2 aromatic heterocycles. The van der Waals surface area contributed by atoms with E-state index < -0.39 is 4.92 Å². The molecule has 0 aliphatic carbocycles. The van der Waals surface area contributed by atoms with Crippen molar-refractivity contribution in [3.63, 3.8) is 0 Å². The SMILES string of the molecule is O=c1/c(=C/c2c(OCc3cccc([N+](=O)[O-])c3)ccc3ccccc23)sc2nc3ccccc3n12. The zero-order chi connectivity index (χ0) is 23.9. The molecule has 0 unspecified atom stereocenters. The third-order valence-corrected chi connectivity index (χ3v) is 6.84. The van der Waals surface area contributed by atoms with Gasteiger partial charge in [0.05, 0.1) is 20.5 Å². The van der Waals surface area contributed by atoms with E-state index in [1.807, 2.05) is 66.7 Å². The van der Waals surface area contributed by atoms with Crippen LogP contribution >= 0.6 is 11.3 Å². The summed E-state index contributed by atoms with van der Waals surface area (Å²) in [5.41, 5.74) is 2.91. The van der Waals surface area contributed by atoms with E-state index in [0.29, 0.717) is 20.8 Å². The van der Waals surface area contributed by atoms with Gasteiger partial charge >= 0.3 is 0 Å². The van der Waals surface area contributed by atoms with Crippen LogP contribution in [0, 0.1) is 10.1 Å². The molecule has 6 rings (SSSR count). The van der Waals surface area contributed by atoms with E-state index in [1.165, 1.54) is 23.5 Å². The second-order valence-corrected chi connectivity index (χ2v) is 9.06. The Hall–Kier alpha value is -4.56. The third-order valence-electron chi connectivity index (χ3n) is 5.87. The lowest BCUT2D eigenvalue weighted by molar-refractivity contribution is -0.384. The Morgan fingerprint density at radius 1 is 1.00 bits per heavy atom. The number of non-ortho nitro benzene ring substituents is 1. The van der Waals surface area contributed by atoms with Gasteiger partial charge in [-0.1, -0.05) is 65.9 Å². The minimum Gasteiger partial charge on any atom is -0.488 e. The lowest BCUT2D eigenvalue weighted by Gasteiger charge is -2.12. The first-order valence-corrected chi connectivity index (χ1v) is 11.7. The average Bonchev–Trinajstić information content (AvgIpc) is 3.39. The summed E-state index contributed by atoms with van der Waals surface area (Å²) in [4.78, 5) is 29.3. The molecule has 0 atom stereocenters. The fourth-order valence-electron chi connectivity index (χ4n) is 4.21. The minimum atomic E-state index is -0.425. The summed E-state index contributed by atoms with van der Waals surface area (Å²) in [5, 5.41) is 13.1. The number of nitro groups is 1. The third kappa shape index (κ3) is 3.70. The predicted octanol–water partition coefficient (Wildman–Crippen LogP) is 5.10. The maximum absolute atomic E-state index is 13.3. The van der Waals surface area contributed by atoms with Gasteiger partial charge in [-0.25, -0.2) is 9.38 Å². The summed E-state index contributed by atoms with van der Waals surface area (Å²) in [6.45, 7) is 0.156. The molecule has 0 fully saturated rings. The number of hydrogen-bond acceptors (Lipinski definition) is 6. The number of hydrogen-bond donors (Lipinski definition) is 0. The highest BCUT2D eigenvalue weighted by Gasteiger charge is 2.13. The number of rotatable bonds is 5. The Kier molecular flexibility index (Phi) is 5.00. The van der Waals surface area contributed by atoms with Crippen molar-refractivity contribution < 1.29 is 9.66 Å². The number of nitro benzene ring substituents is 1. The zero-order valence-electron chi connectivity index (χ0n) is 18.3. The lowest BCUT2D eigenvalue weighted by Crippen LogP contribution is -2.22. The van der Waals surface area contributed by atoms with Gasteiger partial charge in [-0.15, -0.1) is 0 Å². The standard InChI is InChI=1S/C27H17N3O4S/c31-26-25(35-27-28-22-10-3-4-11-23(22)29(26)27)15-21-20-9-2-1-7-18(20)12-13-24(21)34-16-17-6-5-8-19(14-17)30(32)33/h1-15H,16H2/b25-15-. The second kappa shape index (κ2) is 8.34. The maximum Gasteiger partial charge on any atom is 0.274 e. The molecule has 0 radical (unpaired) electrons. The van der Waals surface area contributed by atoms with E-state index in [1.54, 1.807) is 16.5 Å². The number of imidazole rings is 1. The first-order valence-electron chi connectivity index (χ1n) is 10.9. The van der Waals surface area contributed by atoms with Gasteiger partial charge in [0, 0.05) is 17.7 Å². The molecular weight excluding hydrogens is 462 g/mol. The van der Waals surface area contributed by atoms with E-state index in [2.05, 4.69) is 4.98 Å². The molecule has 6 aromatic rings. The number of aromatic nitrogens is 2. The van der Waals surface area contributed by atoms with Gasteiger partial charge in [0.25, 0.3) is 11.2 Å². The van der Waals surface area contributed by atoms with E-state index in [9.17, 15) is 14.9 Å². The van der Waals surface area contributed by atoms with Crippen LogP contribution in [0.2, 0.25) is 0 Å². The van der Waals surface area contributed by atoms with Crippen molar-refractivity contribution >= 4 is 49.9 Å². The molecular formula is C27H17N3O4S. The fourth-order valence-corrected chi connectivity index (χ4v) is 5.18. The zero-order valence-corrected chi connectivity index (χ0v) is 19.1. The number of para-hydroxylation sites is 2. The second-order valence-electron chi connectivity index (χ2n) is 8.05. The Balaban J connectivity index is 1.48. The molecule has 0 aliphatic heterocycles. The van der Waals surface area contributed by atoms with Gasteiger partial charge in [0.2, 0.25) is 0 Å². The molecule has 0 N–H and O–H groups in total. The number of fused-ring (bicyclic) bond motifs is 4. The van der Waals surface area contributed by atoms with Gasteiger partial charge in [-0.3, -0.25) is 14.9 Å². The first kappa shape index (κ1) is 21.0. The molecule has 0 spiro atoms. The molecule has 0 aliphatic rings. The summed E-state index contributed by atoms with van der Waals surface area (Å²) >= 11 is 1.33. The topological polar surface area (TPSA) is 86.7 Å². The highest BCUT2D eigenvalue weighted by molar-refractivity contribution is 7.15. The first-order chi connectivity index (χ1) is 17.1. The van der Waals surface area contributed by atoms with E-state index in [4.69, 9.17) is 4.74 Å². The molecule has 35 heavy (non-hydrogen) atoms. The van der Waals surface area contributed by atoms with E-state index >= 15 is 0 Å². The molecule has 0 bridgehead atoms. The predicted molar refractivity (Wildman–Crippen MR) is 137 cm³/mol. The Labute approximate surface area is 202 Å². The van der Waals surface area contributed by atoms with Crippen LogP contribution in [0.25, 0.3) is 32.8 Å². The monoisotopic (exact) mass is 479 g/mol. The van der Waals surface area contributed by atoms with Crippen molar-refractivity contribution in [2.45, 2.75) is 6.61 Å². The van der Waals surface area contributed by atoms with E-state index in [0.717, 1.165) is 27.4 Å². The molecule has 7 nitrogen and oxygen atoms in total. The smallest absolute Gasteiger partial charge is 0.274 e. The maximum atomic E-state index is 13.3. The lowest BCUT2D eigenvalue weighted by atomic mass is 10.0. The largest absolute Gasteiger partial charge is 0.488 e. The molecule has 170 valence electrons. The van der Waals surface area contributed by atoms with Crippen LogP contribution in [0.1, 0.15) is 11.1 Å². The molecule has 4 aromatic carbocycles. The molecule has 0 amide bonds. The number of ether oxygens (including phenoxy) is 1. The molecule has 8 heteroatoms. The van der Waals surface area contributed by atoms with Crippen molar-refractivity contribution in [2.75, 3.05) is 0 Å². The van der Waals surface area contributed by atoms with Crippen molar-refractivity contribution in [3.05, 3.63) is 121 Å². The average molecular weight is 480 g/mol.